The first-order chi connectivity index (χ1) is 9.22. The van der Waals surface area contributed by atoms with Gasteiger partial charge in [-0.05, 0) is 18.9 Å². The molecule has 1 aliphatic rings. The molecule has 2 heterocycles. The van der Waals surface area contributed by atoms with Gasteiger partial charge in [0, 0.05) is 18.5 Å². The van der Waals surface area contributed by atoms with Crippen molar-refractivity contribution in [1.82, 2.24) is 19.9 Å². The fraction of sp³-hybridized carbons (Fsp3) is 0.333. The van der Waals surface area contributed by atoms with Crippen LogP contribution in [0.2, 0.25) is 0 Å². The first-order valence-electron chi connectivity index (χ1n) is 6.06. The summed E-state index contributed by atoms with van der Waals surface area (Å²) in [5.74, 6) is 0.819. The Labute approximate surface area is 108 Å². The lowest BCUT2D eigenvalue weighted by molar-refractivity contribution is 0.0782. The van der Waals surface area contributed by atoms with Gasteiger partial charge in [0.2, 0.25) is 5.95 Å². The monoisotopic (exact) mass is 259 g/mol. The Bertz CT molecular complexity index is 642. The first-order valence-corrected chi connectivity index (χ1v) is 6.06. The van der Waals surface area contributed by atoms with Crippen LogP contribution < -0.4 is 10.9 Å². The average Bonchev–Trinajstić information content (AvgIpc) is 2.43. The van der Waals surface area contributed by atoms with Crippen LogP contribution in [0.4, 0.5) is 5.95 Å². The second-order valence-corrected chi connectivity index (χ2v) is 4.44. The lowest BCUT2D eigenvalue weighted by atomic mass is 9.89. The summed E-state index contributed by atoms with van der Waals surface area (Å²) < 4.78 is 0. The van der Waals surface area contributed by atoms with Crippen molar-refractivity contribution in [1.29, 1.82) is 0 Å². The van der Waals surface area contributed by atoms with Crippen molar-refractivity contribution in [2.45, 2.75) is 25.0 Å². The smallest absolute Gasteiger partial charge is 0.251 e. The minimum absolute atomic E-state index is 0.00182. The van der Waals surface area contributed by atoms with Gasteiger partial charge in [-0.1, -0.05) is 0 Å². The summed E-state index contributed by atoms with van der Waals surface area (Å²) in [5, 5.41) is 12.6. The number of aliphatic hydroxyl groups is 1. The lowest BCUT2D eigenvalue weighted by Gasteiger charge is -2.32. The number of anilines is 1. The number of nitrogens with one attached hydrogen (secondary N) is 2. The molecular weight excluding hydrogens is 246 g/mol. The molecule has 0 aliphatic heterocycles. The van der Waals surface area contributed by atoms with Gasteiger partial charge in [-0.3, -0.25) is 4.79 Å². The van der Waals surface area contributed by atoms with Gasteiger partial charge in [-0.25, -0.2) is 15.0 Å². The van der Waals surface area contributed by atoms with Gasteiger partial charge in [0.25, 0.3) is 5.56 Å². The van der Waals surface area contributed by atoms with Crippen LogP contribution in [0, 0.1) is 0 Å². The Kier molecular flexibility index (Phi) is 2.96. The van der Waals surface area contributed by atoms with Crippen LogP contribution in [-0.2, 0) is 0 Å². The molecule has 2 aromatic heterocycles. The maximum Gasteiger partial charge on any atom is 0.251 e. The summed E-state index contributed by atoms with van der Waals surface area (Å²) in [7, 11) is 0. The van der Waals surface area contributed by atoms with Crippen molar-refractivity contribution in [3.05, 3.63) is 34.9 Å². The van der Waals surface area contributed by atoms with E-state index in [4.69, 9.17) is 0 Å². The van der Waals surface area contributed by atoms with E-state index >= 15 is 0 Å². The number of rotatable bonds is 3. The average molecular weight is 259 g/mol. The van der Waals surface area contributed by atoms with E-state index in [-0.39, 0.29) is 17.7 Å². The third-order valence-electron chi connectivity index (χ3n) is 3.12. The van der Waals surface area contributed by atoms with E-state index in [1.165, 1.54) is 12.3 Å². The summed E-state index contributed by atoms with van der Waals surface area (Å²) in [6, 6.07) is 3.01. The van der Waals surface area contributed by atoms with E-state index in [1.807, 2.05) is 0 Å². The van der Waals surface area contributed by atoms with E-state index < -0.39 is 0 Å². The summed E-state index contributed by atoms with van der Waals surface area (Å²) in [5.41, 5.74) is 0.302. The summed E-state index contributed by atoms with van der Waals surface area (Å²) >= 11 is 0. The van der Waals surface area contributed by atoms with Crippen molar-refractivity contribution in [3.63, 3.8) is 0 Å². The van der Waals surface area contributed by atoms with Crippen LogP contribution in [-0.4, -0.2) is 37.2 Å². The molecule has 3 N–H and O–H groups in total. The van der Waals surface area contributed by atoms with Crippen LogP contribution in [0.1, 0.15) is 12.8 Å². The second kappa shape index (κ2) is 4.77. The highest BCUT2D eigenvalue weighted by atomic mass is 16.3. The van der Waals surface area contributed by atoms with Gasteiger partial charge in [0.05, 0.1) is 12.1 Å². The molecule has 0 radical (unpaired) electrons. The molecule has 2 aromatic rings. The van der Waals surface area contributed by atoms with E-state index in [0.29, 0.717) is 17.5 Å². The van der Waals surface area contributed by atoms with E-state index in [1.54, 1.807) is 12.3 Å². The van der Waals surface area contributed by atoms with Crippen molar-refractivity contribution in [3.8, 4) is 11.5 Å². The standard InChI is InChI=1S/C12H13N5O2/c18-9-2-1-7(9)15-12-14-5-3-8(16-12)11-13-6-4-10(19)17-11/h3-7,9,18H,1-2H2,(H,13,17,19)(H,14,15,16)/t7-,9?/m1/s1. The van der Waals surface area contributed by atoms with Crippen LogP contribution in [0.25, 0.3) is 11.5 Å². The molecule has 3 rings (SSSR count). The highest BCUT2D eigenvalue weighted by molar-refractivity contribution is 5.50. The van der Waals surface area contributed by atoms with Crippen molar-refractivity contribution in [2.75, 3.05) is 5.32 Å². The molecule has 7 nitrogen and oxygen atoms in total. The molecule has 7 heteroatoms. The van der Waals surface area contributed by atoms with Gasteiger partial charge >= 0.3 is 0 Å². The number of H-pyrrole nitrogens is 1. The number of hydrogen-bond acceptors (Lipinski definition) is 6. The van der Waals surface area contributed by atoms with E-state index in [2.05, 4.69) is 25.3 Å². The Hall–Kier alpha value is -2.28. The third kappa shape index (κ3) is 2.45. The predicted molar refractivity (Wildman–Crippen MR) is 68.5 cm³/mol. The van der Waals surface area contributed by atoms with Crippen LogP contribution >= 0.6 is 0 Å². The van der Waals surface area contributed by atoms with Crippen LogP contribution in [0.3, 0.4) is 0 Å². The topological polar surface area (TPSA) is 104 Å². The second-order valence-electron chi connectivity index (χ2n) is 4.44. The maximum atomic E-state index is 11.2. The number of aromatic nitrogens is 4. The van der Waals surface area contributed by atoms with E-state index in [0.717, 1.165) is 12.8 Å². The fourth-order valence-corrected chi connectivity index (χ4v) is 1.88. The molecule has 0 saturated heterocycles. The quantitative estimate of drug-likeness (QED) is 0.725. The highest BCUT2D eigenvalue weighted by Crippen LogP contribution is 2.23. The molecule has 1 fully saturated rings. The summed E-state index contributed by atoms with van der Waals surface area (Å²) in [6.07, 6.45) is 4.36. The van der Waals surface area contributed by atoms with Gasteiger partial charge in [-0.2, -0.15) is 0 Å². The van der Waals surface area contributed by atoms with Crippen LogP contribution in [0.15, 0.2) is 29.3 Å². The van der Waals surface area contributed by atoms with E-state index in [9.17, 15) is 9.90 Å². The molecule has 0 bridgehead atoms. The Morgan fingerprint density at radius 3 is 2.79 bits per heavy atom. The SMILES string of the molecule is O=c1ccnc(-c2ccnc(N[C@@H]3CCC3O)n2)[nH]1. The molecule has 19 heavy (non-hydrogen) atoms. The zero-order valence-electron chi connectivity index (χ0n) is 10.1. The molecule has 2 atom stereocenters. The number of nitrogens with zero attached hydrogens (tertiary/aromatic N) is 3. The number of aromatic amines is 1. The Balaban J connectivity index is 1.85. The molecule has 0 aromatic carbocycles. The molecule has 0 amide bonds. The summed E-state index contributed by atoms with van der Waals surface area (Å²) in [6.45, 7) is 0. The van der Waals surface area contributed by atoms with Gasteiger partial charge in [0.15, 0.2) is 5.82 Å². The predicted octanol–water partition coefficient (Wildman–Crippen LogP) is 0.162. The molecule has 1 unspecified atom stereocenters. The molecular formula is C12H13N5O2. The van der Waals surface area contributed by atoms with Crippen molar-refractivity contribution in [2.24, 2.45) is 0 Å². The molecule has 1 aliphatic carbocycles. The van der Waals surface area contributed by atoms with Crippen molar-refractivity contribution < 1.29 is 5.11 Å². The zero-order valence-corrected chi connectivity index (χ0v) is 10.1. The molecule has 98 valence electrons. The minimum Gasteiger partial charge on any atom is -0.391 e. The Morgan fingerprint density at radius 2 is 2.11 bits per heavy atom. The normalized spacial score (nSPS) is 21.7. The number of aliphatic hydroxyl groups excluding tert-OH is 1. The van der Waals surface area contributed by atoms with Gasteiger partial charge in [0.1, 0.15) is 5.69 Å². The first kappa shape index (κ1) is 11.8. The van der Waals surface area contributed by atoms with Gasteiger partial charge in [-0.15, -0.1) is 0 Å². The fourth-order valence-electron chi connectivity index (χ4n) is 1.88. The van der Waals surface area contributed by atoms with Crippen molar-refractivity contribution >= 4 is 5.95 Å². The zero-order chi connectivity index (χ0) is 13.2. The van der Waals surface area contributed by atoms with Gasteiger partial charge < -0.3 is 15.4 Å². The maximum absolute atomic E-state index is 11.2. The minimum atomic E-state index is -0.345. The molecule has 1 saturated carbocycles. The summed E-state index contributed by atoms with van der Waals surface area (Å²) in [4.78, 5) is 26.3. The lowest BCUT2D eigenvalue weighted by Crippen LogP contribution is -2.43. The highest BCUT2D eigenvalue weighted by Gasteiger charge is 2.29. The number of hydrogen-bond donors (Lipinski definition) is 3. The third-order valence-corrected chi connectivity index (χ3v) is 3.12. The molecule has 0 spiro atoms. The van der Waals surface area contributed by atoms with Crippen LogP contribution in [0.5, 0.6) is 0 Å². The Morgan fingerprint density at radius 1 is 1.26 bits per heavy atom. The largest absolute Gasteiger partial charge is 0.391 e.